The molecule has 1 saturated carbocycles. The standard InChI is InChI=1S/C20H30N2O3/c1-15-6-4-7-16(14-15)21-10-12-22(13-11-21)20(23)19-17(24-2)8-5-9-18(19)25-3/h5,8-9,15-16H,4,6-7,10-14H2,1-3H3. The number of carbonyl (C=O) groups excluding carboxylic acids is 1. The Hall–Kier alpha value is -1.75. The summed E-state index contributed by atoms with van der Waals surface area (Å²) in [5.74, 6) is 1.99. The minimum atomic E-state index is 0.00552. The largest absolute Gasteiger partial charge is 0.496 e. The molecule has 5 heteroatoms. The summed E-state index contributed by atoms with van der Waals surface area (Å²) in [6.07, 6.45) is 5.30. The lowest BCUT2D eigenvalue weighted by atomic mass is 9.86. The van der Waals surface area contributed by atoms with Crippen molar-refractivity contribution in [1.82, 2.24) is 9.80 Å². The van der Waals surface area contributed by atoms with Gasteiger partial charge in [-0.2, -0.15) is 0 Å². The highest BCUT2D eigenvalue weighted by atomic mass is 16.5. The molecule has 0 spiro atoms. The van der Waals surface area contributed by atoms with E-state index in [-0.39, 0.29) is 5.91 Å². The molecule has 2 unspecified atom stereocenters. The lowest BCUT2D eigenvalue weighted by Gasteiger charge is -2.42. The smallest absolute Gasteiger partial charge is 0.261 e. The summed E-state index contributed by atoms with van der Waals surface area (Å²) in [7, 11) is 3.18. The zero-order valence-electron chi connectivity index (χ0n) is 15.7. The molecule has 0 radical (unpaired) electrons. The van der Waals surface area contributed by atoms with Crippen molar-refractivity contribution >= 4 is 5.91 Å². The number of ether oxygens (including phenoxy) is 2. The first-order valence-corrected chi connectivity index (χ1v) is 9.38. The van der Waals surface area contributed by atoms with E-state index in [1.54, 1.807) is 14.2 Å². The molecule has 1 heterocycles. The number of piperazine rings is 1. The number of carbonyl (C=O) groups is 1. The lowest BCUT2D eigenvalue weighted by molar-refractivity contribution is 0.0484. The van der Waals surface area contributed by atoms with E-state index in [2.05, 4.69) is 11.8 Å². The Morgan fingerprint density at radius 1 is 1.04 bits per heavy atom. The Morgan fingerprint density at radius 3 is 2.24 bits per heavy atom. The van der Waals surface area contributed by atoms with E-state index < -0.39 is 0 Å². The molecular weight excluding hydrogens is 316 g/mol. The Labute approximate surface area is 150 Å². The van der Waals surface area contributed by atoms with Crippen LogP contribution in [0.4, 0.5) is 0 Å². The molecule has 2 fully saturated rings. The molecule has 3 rings (SSSR count). The summed E-state index contributed by atoms with van der Waals surface area (Å²) >= 11 is 0. The van der Waals surface area contributed by atoms with Gasteiger partial charge in [0.1, 0.15) is 17.1 Å². The van der Waals surface area contributed by atoms with Gasteiger partial charge in [0.2, 0.25) is 0 Å². The van der Waals surface area contributed by atoms with Crippen molar-refractivity contribution < 1.29 is 14.3 Å². The minimum absolute atomic E-state index is 0.00552. The van der Waals surface area contributed by atoms with Crippen LogP contribution in [-0.4, -0.2) is 62.1 Å². The summed E-state index contributed by atoms with van der Waals surface area (Å²) in [4.78, 5) is 17.6. The van der Waals surface area contributed by atoms with E-state index >= 15 is 0 Å². The summed E-state index contributed by atoms with van der Waals surface area (Å²) in [5, 5.41) is 0. The molecular formula is C20H30N2O3. The van der Waals surface area contributed by atoms with Crippen LogP contribution < -0.4 is 9.47 Å². The van der Waals surface area contributed by atoms with Crippen LogP contribution in [0.15, 0.2) is 18.2 Å². The van der Waals surface area contributed by atoms with Crippen LogP contribution in [0.3, 0.4) is 0 Å². The van der Waals surface area contributed by atoms with Crippen molar-refractivity contribution in [1.29, 1.82) is 0 Å². The molecule has 2 aliphatic rings. The first-order chi connectivity index (χ1) is 12.1. The molecule has 0 aromatic heterocycles. The highest BCUT2D eigenvalue weighted by molar-refractivity contribution is 5.99. The molecule has 2 atom stereocenters. The average Bonchev–Trinajstić information content (AvgIpc) is 2.66. The minimum Gasteiger partial charge on any atom is -0.496 e. The number of amides is 1. The number of hydrogen-bond donors (Lipinski definition) is 0. The Kier molecular flexibility index (Phi) is 5.84. The second kappa shape index (κ2) is 8.09. The van der Waals surface area contributed by atoms with Gasteiger partial charge in [-0.3, -0.25) is 9.69 Å². The Morgan fingerprint density at radius 2 is 1.68 bits per heavy atom. The molecule has 5 nitrogen and oxygen atoms in total. The molecule has 1 aromatic rings. The molecule has 1 aliphatic carbocycles. The van der Waals surface area contributed by atoms with Crippen molar-refractivity contribution in [2.45, 2.75) is 38.6 Å². The third-order valence-corrected chi connectivity index (χ3v) is 5.67. The van der Waals surface area contributed by atoms with Crippen molar-refractivity contribution in [3.05, 3.63) is 23.8 Å². The molecule has 1 aromatic carbocycles. The van der Waals surface area contributed by atoms with Gasteiger partial charge in [0.05, 0.1) is 14.2 Å². The predicted octanol–water partition coefficient (Wildman–Crippen LogP) is 3.04. The highest BCUT2D eigenvalue weighted by Gasteiger charge is 2.31. The fraction of sp³-hybridized carbons (Fsp3) is 0.650. The predicted molar refractivity (Wildman–Crippen MR) is 98.4 cm³/mol. The van der Waals surface area contributed by atoms with Gasteiger partial charge in [0, 0.05) is 32.2 Å². The number of benzene rings is 1. The van der Waals surface area contributed by atoms with Crippen LogP contribution in [0.25, 0.3) is 0 Å². The number of rotatable bonds is 4. The first-order valence-electron chi connectivity index (χ1n) is 9.38. The molecule has 1 amide bonds. The third-order valence-electron chi connectivity index (χ3n) is 5.67. The maximum absolute atomic E-state index is 13.0. The van der Waals surface area contributed by atoms with Gasteiger partial charge in [-0.25, -0.2) is 0 Å². The zero-order valence-corrected chi connectivity index (χ0v) is 15.7. The highest BCUT2D eigenvalue weighted by Crippen LogP contribution is 2.31. The van der Waals surface area contributed by atoms with Crippen LogP contribution >= 0.6 is 0 Å². The third kappa shape index (κ3) is 3.92. The average molecular weight is 346 g/mol. The maximum Gasteiger partial charge on any atom is 0.261 e. The molecule has 1 saturated heterocycles. The molecule has 138 valence electrons. The second-order valence-electron chi connectivity index (χ2n) is 7.29. The van der Waals surface area contributed by atoms with Crippen LogP contribution in [0.5, 0.6) is 11.5 Å². The number of methoxy groups -OCH3 is 2. The normalized spacial score (nSPS) is 24.8. The zero-order chi connectivity index (χ0) is 17.8. The maximum atomic E-state index is 13.0. The van der Waals surface area contributed by atoms with Gasteiger partial charge in [-0.15, -0.1) is 0 Å². The van der Waals surface area contributed by atoms with E-state index in [0.717, 1.165) is 32.1 Å². The van der Waals surface area contributed by atoms with Crippen molar-refractivity contribution in [3.8, 4) is 11.5 Å². The van der Waals surface area contributed by atoms with Gasteiger partial charge in [-0.1, -0.05) is 25.8 Å². The first kappa shape index (κ1) is 18.1. The summed E-state index contributed by atoms with van der Waals surface area (Å²) < 4.78 is 10.8. The lowest BCUT2D eigenvalue weighted by Crippen LogP contribution is -2.52. The SMILES string of the molecule is COc1cccc(OC)c1C(=O)N1CCN(C2CCCC(C)C2)CC1. The van der Waals surface area contributed by atoms with Crippen LogP contribution in [0, 0.1) is 5.92 Å². The topological polar surface area (TPSA) is 42.0 Å². The fourth-order valence-electron chi connectivity index (χ4n) is 4.24. The van der Waals surface area contributed by atoms with Crippen LogP contribution in [-0.2, 0) is 0 Å². The summed E-state index contributed by atoms with van der Waals surface area (Å²) in [6, 6.07) is 6.17. The van der Waals surface area contributed by atoms with Crippen molar-refractivity contribution in [2.75, 3.05) is 40.4 Å². The van der Waals surface area contributed by atoms with E-state index in [4.69, 9.17) is 9.47 Å². The Balaban J connectivity index is 1.66. The van der Waals surface area contributed by atoms with E-state index in [1.165, 1.54) is 25.7 Å². The van der Waals surface area contributed by atoms with Gasteiger partial charge in [0.25, 0.3) is 5.91 Å². The van der Waals surface area contributed by atoms with Crippen LogP contribution in [0.1, 0.15) is 43.0 Å². The monoisotopic (exact) mass is 346 g/mol. The number of nitrogens with zero attached hydrogens (tertiary/aromatic N) is 2. The fourth-order valence-corrected chi connectivity index (χ4v) is 4.24. The van der Waals surface area contributed by atoms with Crippen molar-refractivity contribution in [2.24, 2.45) is 5.92 Å². The molecule has 0 bridgehead atoms. The summed E-state index contributed by atoms with van der Waals surface area (Å²) in [6.45, 7) is 5.82. The van der Waals surface area contributed by atoms with Crippen molar-refractivity contribution in [3.63, 3.8) is 0 Å². The van der Waals surface area contributed by atoms with Gasteiger partial charge >= 0.3 is 0 Å². The molecule has 25 heavy (non-hydrogen) atoms. The van der Waals surface area contributed by atoms with E-state index in [9.17, 15) is 4.79 Å². The second-order valence-corrected chi connectivity index (χ2v) is 7.29. The molecule has 1 aliphatic heterocycles. The Bertz CT molecular complexity index is 574. The quantitative estimate of drug-likeness (QED) is 0.840. The van der Waals surface area contributed by atoms with Gasteiger partial charge < -0.3 is 14.4 Å². The molecule has 0 N–H and O–H groups in total. The van der Waals surface area contributed by atoms with Crippen LogP contribution in [0.2, 0.25) is 0 Å². The van der Waals surface area contributed by atoms with E-state index in [0.29, 0.717) is 23.1 Å². The number of hydrogen-bond acceptors (Lipinski definition) is 4. The van der Waals surface area contributed by atoms with E-state index in [1.807, 2.05) is 23.1 Å². The van der Waals surface area contributed by atoms with Gasteiger partial charge in [-0.05, 0) is 30.9 Å². The summed E-state index contributed by atoms with van der Waals surface area (Å²) in [5.41, 5.74) is 0.534. The van der Waals surface area contributed by atoms with Gasteiger partial charge in [0.15, 0.2) is 0 Å².